The van der Waals surface area contributed by atoms with Crippen molar-refractivity contribution in [2.75, 3.05) is 69.7 Å². The third kappa shape index (κ3) is 5.24. The second-order valence-electron chi connectivity index (χ2n) is 12.9. The molecule has 3 saturated heterocycles. The molecular formula is C31H43ClN8O3. The number of nitrogens with zero attached hydrogens (tertiary/aromatic N) is 6. The Kier molecular flexibility index (Phi) is 8.04. The summed E-state index contributed by atoms with van der Waals surface area (Å²) < 4.78 is 13.8. The lowest BCUT2D eigenvalue weighted by Crippen LogP contribution is -2.63. The van der Waals surface area contributed by atoms with Gasteiger partial charge in [0.2, 0.25) is 5.91 Å². The molecule has 5 heterocycles. The second-order valence-corrected chi connectivity index (χ2v) is 13.3. The molecule has 12 heteroatoms. The van der Waals surface area contributed by atoms with Crippen molar-refractivity contribution in [1.29, 1.82) is 5.41 Å². The molecule has 4 aliphatic rings. The largest absolute Gasteiger partial charge is 0.383 e. The molecule has 1 aliphatic carbocycles. The average molecular weight is 611 g/mol. The van der Waals surface area contributed by atoms with Crippen LogP contribution in [0.1, 0.15) is 50.4 Å². The number of nitrogen functional groups attached to an aromatic ring is 1. The summed E-state index contributed by atoms with van der Waals surface area (Å²) in [6, 6.07) is 0.215. The van der Waals surface area contributed by atoms with Gasteiger partial charge in [-0.2, -0.15) is 5.10 Å². The number of halogens is 1. The van der Waals surface area contributed by atoms with Crippen molar-refractivity contribution in [1.82, 2.24) is 24.6 Å². The van der Waals surface area contributed by atoms with Crippen molar-refractivity contribution in [3.63, 3.8) is 0 Å². The summed E-state index contributed by atoms with van der Waals surface area (Å²) >= 11 is 6.85. The minimum Gasteiger partial charge on any atom is -0.383 e. The fourth-order valence-corrected chi connectivity index (χ4v) is 7.83. The van der Waals surface area contributed by atoms with E-state index in [0.29, 0.717) is 36.0 Å². The standard InChI is InChI=1S/C31H43ClN8O3/c1-5-25(41)38-18-31(19-38)11-21(12-31)40-20(3)26(27-23(13-33)28(34)35-14-24(27)32)29(36-40)39-8-7-37(17-30(39,4)6-2)15-22-16-42-9-10-43-22/h5,13-14,21-22,33H,1,6-12,15-19H2,2-4H3,(H2,34,35)/t22?,30-/m0/s1. The Hall–Kier alpha value is -2.99. The number of ether oxygens (including phenoxy) is 2. The molecular weight excluding hydrogens is 568 g/mol. The van der Waals surface area contributed by atoms with Crippen molar-refractivity contribution in [3.8, 4) is 11.1 Å². The quantitative estimate of drug-likeness (QED) is 0.343. The van der Waals surface area contributed by atoms with E-state index in [4.69, 9.17) is 37.3 Å². The topological polar surface area (TPSA) is 126 Å². The van der Waals surface area contributed by atoms with E-state index in [1.807, 2.05) is 4.90 Å². The summed E-state index contributed by atoms with van der Waals surface area (Å²) in [7, 11) is 0. The molecule has 232 valence electrons. The fraction of sp³-hybridized carbons (Fsp3) is 0.613. The van der Waals surface area contributed by atoms with Crippen LogP contribution in [0, 0.1) is 17.7 Å². The third-order valence-electron chi connectivity index (χ3n) is 10.1. The Bertz CT molecular complexity index is 1410. The van der Waals surface area contributed by atoms with Gasteiger partial charge < -0.3 is 30.4 Å². The predicted octanol–water partition coefficient (Wildman–Crippen LogP) is 3.54. The summed E-state index contributed by atoms with van der Waals surface area (Å²) in [5, 5.41) is 14.0. The first-order chi connectivity index (χ1) is 20.6. The normalized spacial score (nSPS) is 25.8. The number of carbonyl (C=O) groups excluding carboxylic acids is 1. The molecule has 2 atom stereocenters. The number of likely N-dealkylation sites (tertiary alicyclic amines) is 1. The van der Waals surface area contributed by atoms with Crippen LogP contribution in [-0.4, -0.2) is 107 Å². The molecule has 1 spiro atoms. The first-order valence-corrected chi connectivity index (χ1v) is 15.6. The Morgan fingerprint density at radius 2 is 2.02 bits per heavy atom. The minimum atomic E-state index is -0.204. The van der Waals surface area contributed by atoms with E-state index in [0.717, 1.165) is 75.6 Å². The Labute approximate surface area is 258 Å². The van der Waals surface area contributed by atoms with Gasteiger partial charge in [0.25, 0.3) is 0 Å². The smallest absolute Gasteiger partial charge is 0.245 e. The van der Waals surface area contributed by atoms with Gasteiger partial charge in [0.15, 0.2) is 5.82 Å². The van der Waals surface area contributed by atoms with Gasteiger partial charge in [-0.3, -0.25) is 14.4 Å². The maximum atomic E-state index is 12.1. The number of nitrogens with two attached hydrogens (primary N) is 1. The van der Waals surface area contributed by atoms with E-state index in [9.17, 15) is 4.79 Å². The van der Waals surface area contributed by atoms with Gasteiger partial charge in [-0.15, -0.1) is 0 Å². The predicted molar refractivity (Wildman–Crippen MR) is 168 cm³/mol. The highest BCUT2D eigenvalue weighted by atomic mass is 35.5. The molecule has 0 bridgehead atoms. The van der Waals surface area contributed by atoms with Crippen LogP contribution >= 0.6 is 11.6 Å². The molecule has 11 nitrogen and oxygen atoms in total. The molecule has 0 aromatic carbocycles. The van der Waals surface area contributed by atoms with Gasteiger partial charge >= 0.3 is 0 Å². The van der Waals surface area contributed by atoms with Crippen molar-refractivity contribution >= 4 is 35.4 Å². The number of anilines is 2. The molecule has 1 amide bonds. The van der Waals surface area contributed by atoms with E-state index in [1.54, 1.807) is 6.20 Å². The van der Waals surface area contributed by atoms with E-state index in [-0.39, 0.29) is 34.8 Å². The Balaban J connectivity index is 1.35. The summed E-state index contributed by atoms with van der Waals surface area (Å²) in [6.07, 6.45) is 7.13. The number of amides is 1. The summed E-state index contributed by atoms with van der Waals surface area (Å²) in [5.74, 6) is 1.14. The van der Waals surface area contributed by atoms with E-state index in [1.165, 1.54) is 12.3 Å². The lowest BCUT2D eigenvalue weighted by molar-refractivity contribution is -0.149. The van der Waals surface area contributed by atoms with E-state index >= 15 is 0 Å². The number of pyridine rings is 1. The molecule has 4 fully saturated rings. The zero-order valence-electron chi connectivity index (χ0n) is 25.4. The van der Waals surface area contributed by atoms with E-state index in [2.05, 4.69) is 46.8 Å². The maximum Gasteiger partial charge on any atom is 0.245 e. The summed E-state index contributed by atoms with van der Waals surface area (Å²) in [6.45, 7) is 17.1. The van der Waals surface area contributed by atoms with E-state index < -0.39 is 0 Å². The van der Waals surface area contributed by atoms with Crippen molar-refractivity contribution in [2.45, 2.75) is 57.7 Å². The SMILES string of the molecule is C=CC(=O)N1CC2(CC(n3nc(N4CCN(CC5COCCO5)C[C@]4(C)CC)c(-c4c(Cl)cnc(N)c4C=N)c3C)C2)C1. The van der Waals surface area contributed by atoms with Crippen molar-refractivity contribution < 1.29 is 14.3 Å². The highest BCUT2D eigenvalue weighted by Crippen LogP contribution is 2.55. The molecule has 2 aromatic rings. The van der Waals surface area contributed by atoms with Crippen LogP contribution in [0.2, 0.25) is 5.02 Å². The van der Waals surface area contributed by atoms with Crippen molar-refractivity contribution in [3.05, 3.63) is 35.1 Å². The van der Waals surface area contributed by atoms with Gasteiger partial charge in [-0.05, 0) is 39.2 Å². The van der Waals surface area contributed by atoms with Crippen LogP contribution in [0.25, 0.3) is 11.1 Å². The first kappa shape index (κ1) is 30.1. The monoisotopic (exact) mass is 610 g/mol. The fourth-order valence-electron chi connectivity index (χ4n) is 7.58. The first-order valence-electron chi connectivity index (χ1n) is 15.3. The lowest BCUT2D eigenvalue weighted by Gasteiger charge is -2.58. The highest BCUT2D eigenvalue weighted by Gasteiger charge is 2.55. The lowest BCUT2D eigenvalue weighted by atomic mass is 9.60. The number of aromatic nitrogens is 3. The van der Waals surface area contributed by atoms with Crippen LogP contribution in [-0.2, 0) is 14.3 Å². The number of rotatable bonds is 8. The molecule has 1 saturated carbocycles. The zero-order chi connectivity index (χ0) is 30.5. The molecule has 3 N–H and O–H groups in total. The van der Waals surface area contributed by atoms with Gasteiger partial charge in [-0.25, -0.2) is 4.98 Å². The number of nitrogens with one attached hydrogen (secondary N) is 1. The van der Waals surface area contributed by atoms with Crippen LogP contribution in [0.3, 0.4) is 0 Å². The zero-order valence-corrected chi connectivity index (χ0v) is 26.2. The molecule has 6 rings (SSSR count). The average Bonchev–Trinajstić information content (AvgIpc) is 3.28. The summed E-state index contributed by atoms with van der Waals surface area (Å²) in [5.41, 5.74) is 9.35. The molecule has 0 radical (unpaired) electrons. The van der Waals surface area contributed by atoms with Crippen LogP contribution in [0.15, 0.2) is 18.9 Å². The van der Waals surface area contributed by atoms with Crippen LogP contribution < -0.4 is 10.6 Å². The van der Waals surface area contributed by atoms with Gasteiger partial charge in [-0.1, -0.05) is 25.1 Å². The highest BCUT2D eigenvalue weighted by molar-refractivity contribution is 6.34. The third-order valence-corrected chi connectivity index (χ3v) is 10.4. The molecule has 2 aromatic heterocycles. The van der Waals surface area contributed by atoms with Gasteiger partial charge in [0.05, 0.1) is 42.5 Å². The molecule has 1 unspecified atom stereocenters. The minimum absolute atomic E-state index is 0.00132. The molecule has 3 aliphatic heterocycles. The number of hydrogen-bond donors (Lipinski definition) is 2. The summed E-state index contributed by atoms with van der Waals surface area (Å²) in [4.78, 5) is 23.1. The van der Waals surface area contributed by atoms with Crippen LogP contribution in [0.4, 0.5) is 11.6 Å². The van der Waals surface area contributed by atoms with Gasteiger partial charge in [0, 0.05) is 79.5 Å². The van der Waals surface area contributed by atoms with Crippen LogP contribution in [0.5, 0.6) is 0 Å². The number of piperazine rings is 1. The Morgan fingerprint density at radius 1 is 1.26 bits per heavy atom. The number of carbonyl (C=O) groups is 1. The maximum absolute atomic E-state index is 12.1. The molecule has 43 heavy (non-hydrogen) atoms. The Morgan fingerprint density at radius 3 is 2.67 bits per heavy atom. The van der Waals surface area contributed by atoms with Gasteiger partial charge in [0.1, 0.15) is 5.82 Å². The van der Waals surface area contributed by atoms with Crippen molar-refractivity contribution in [2.24, 2.45) is 5.41 Å². The number of hydrogen-bond acceptors (Lipinski definition) is 9. The second kappa shape index (κ2) is 11.5.